The highest BCUT2D eigenvalue weighted by Crippen LogP contribution is 2.34. The molecule has 4 aromatic rings. The Kier molecular flexibility index (Phi) is 9.90. The largest absolute Gasteiger partial charge is 0.573 e. The van der Waals surface area contributed by atoms with Crippen molar-refractivity contribution in [3.05, 3.63) is 78.4 Å². The third kappa shape index (κ3) is 8.59. The molecule has 0 atom stereocenters. The molecule has 1 N–H and O–H groups in total. The Hall–Kier alpha value is -5.17. The Bertz CT molecular complexity index is 1850. The van der Waals surface area contributed by atoms with Crippen molar-refractivity contribution in [2.45, 2.75) is 19.1 Å². The van der Waals surface area contributed by atoms with Crippen LogP contribution < -0.4 is 19.7 Å². The first-order valence-electron chi connectivity index (χ1n) is 13.4. The second kappa shape index (κ2) is 13.9. The molecule has 11 nitrogen and oxygen atoms in total. The van der Waals surface area contributed by atoms with Gasteiger partial charge in [0.1, 0.15) is 30.3 Å². The highest BCUT2D eigenvalue weighted by molar-refractivity contribution is 8.15. The lowest BCUT2D eigenvalue weighted by Gasteiger charge is -2.21. The summed E-state index contributed by atoms with van der Waals surface area (Å²) in [5.74, 6) is -1.65. The average Bonchev–Trinajstić information content (AvgIpc) is 3.64. The molecule has 1 saturated heterocycles. The van der Waals surface area contributed by atoms with E-state index in [1.807, 2.05) is 0 Å². The van der Waals surface area contributed by atoms with Gasteiger partial charge in [-0.1, -0.05) is 17.8 Å². The van der Waals surface area contributed by atoms with Gasteiger partial charge in [-0.15, -0.1) is 18.3 Å². The number of nitrogens with zero attached hydrogens (tertiary/aromatic N) is 5. The summed E-state index contributed by atoms with van der Waals surface area (Å²) in [5, 5.41) is 6.36. The van der Waals surface area contributed by atoms with E-state index in [2.05, 4.69) is 25.1 Å². The van der Waals surface area contributed by atoms with Crippen molar-refractivity contribution in [2.75, 3.05) is 29.7 Å². The van der Waals surface area contributed by atoms with Crippen LogP contribution in [0.15, 0.2) is 72.0 Å². The van der Waals surface area contributed by atoms with E-state index in [-0.39, 0.29) is 45.0 Å². The number of hydrogen-bond acceptors (Lipinski definition) is 8. The van der Waals surface area contributed by atoms with Crippen LogP contribution in [0.3, 0.4) is 0 Å². The van der Waals surface area contributed by atoms with Gasteiger partial charge in [0.15, 0.2) is 11.0 Å². The maximum absolute atomic E-state index is 15.1. The minimum absolute atomic E-state index is 0.0625. The Morgan fingerprint density at radius 1 is 1.02 bits per heavy atom. The molecule has 3 amide bonds. The first-order valence-corrected chi connectivity index (χ1v) is 14.4. The predicted molar refractivity (Wildman–Crippen MR) is 159 cm³/mol. The van der Waals surface area contributed by atoms with E-state index in [9.17, 15) is 35.9 Å². The number of benzene rings is 3. The summed E-state index contributed by atoms with van der Waals surface area (Å²) in [5.41, 5.74) is 0.546. The number of carbonyl (C=O) groups is 2. The van der Waals surface area contributed by atoms with Crippen molar-refractivity contribution in [3.8, 4) is 28.6 Å². The fraction of sp³-hybridized carbons (Fsp3) is 0.207. The van der Waals surface area contributed by atoms with Gasteiger partial charge in [-0.05, 0) is 48.5 Å². The molecular formula is C29H21F7N6O5S. The van der Waals surface area contributed by atoms with Crippen molar-refractivity contribution < 1.29 is 54.5 Å². The molecule has 1 fully saturated rings. The molecule has 1 aromatic heterocycles. The Morgan fingerprint density at radius 3 is 2.42 bits per heavy atom. The lowest BCUT2D eigenvalue weighted by atomic mass is 10.1. The quantitative estimate of drug-likeness (QED) is 0.191. The summed E-state index contributed by atoms with van der Waals surface area (Å²) in [4.78, 5) is 34.6. The molecule has 5 rings (SSSR count). The van der Waals surface area contributed by atoms with E-state index in [4.69, 9.17) is 9.47 Å². The van der Waals surface area contributed by atoms with Crippen LogP contribution >= 0.6 is 11.8 Å². The van der Waals surface area contributed by atoms with Gasteiger partial charge in [0.05, 0.1) is 36.5 Å². The number of hydrogen-bond donors (Lipinski definition) is 1. The van der Waals surface area contributed by atoms with Crippen LogP contribution in [-0.4, -0.2) is 63.9 Å². The lowest BCUT2D eigenvalue weighted by molar-refractivity contribution is -0.274. The molecule has 0 saturated carbocycles. The maximum atomic E-state index is 15.1. The second-order valence-corrected chi connectivity index (χ2v) is 10.6. The van der Waals surface area contributed by atoms with E-state index in [1.54, 1.807) is 0 Å². The molecule has 1 aliphatic heterocycles. The van der Waals surface area contributed by atoms with Gasteiger partial charge in [-0.3, -0.25) is 9.69 Å². The SMILES string of the molecule is COc1ccc(COCC(F)(F)F)c(N2C(=O)CS/C2=N\C(=O)Nc2ccc(-c3ncn(-c4ccc(OC(F)(F)F)cc4)n3)cc2F)c1. The highest BCUT2D eigenvalue weighted by Gasteiger charge is 2.34. The lowest BCUT2D eigenvalue weighted by Crippen LogP contribution is -2.31. The van der Waals surface area contributed by atoms with Crippen LogP contribution in [0.25, 0.3) is 17.1 Å². The number of rotatable bonds is 9. The van der Waals surface area contributed by atoms with E-state index in [0.717, 1.165) is 34.9 Å². The van der Waals surface area contributed by atoms with Gasteiger partial charge in [0, 0.05) is 17.2 Å². The number of carbonyl (C=O) groups excluding carboxylic acids is 2. The van der Waals surface area contributed by atoms with Crippen LogP contribution in [-0.2, 0) is 16.1 Å². The van der Waals surface area contributed by atoms with Crippen molar-refractivity contribution in [1.82, 2.24) is 14.8 Å². The molecular weight excluding hydrogens is 677 g/mol. The van der Waals surface area contributed by atoms with E-state index < -0.39 is 49.3 Å². The molecule has 252 valence electrons. The molecule has 19 heteroatoms. The summed E-state index contributed by atoms with van der Waals surface area (Å²) >= 11 is 0.884. The van der Waals surface area contributed by atoms with Crippen molar-refractivity contribution in [2.24, 2.45) is 4.99 Å². The summed E-state index contributed by atoms with van der Waals surface area (Å²) in [6.45, 7) is -2.04. The standard InChI is InChI=1S/C29H21F7N6O5S/c1-45-20-6-2-17(12-46-14-28(31,32)33)23(11-20)42-24(43)13-48-27(42)39-26(44)38-22-9-3-16(10-21(22)30)25-37-15-41(40-25)18-4-7-19(8-5-18)47-29(34,35)36/h2-11,15H,12-14H2,1H3,(H,38,44)/b39-27-. The molecule has 0 bridgehead atoms. The summed E-state index contributed by atoms with van der Waals surface area (Å²) < 4.78 is 105. The Balaban J connectivity index is 1.30. The highest BCUT2D eigenvalue weighted by atomic mass is 32.2. The molecule has 0 unspecified atom stereocenters. The minimum Gasteiger partial charge on any atom is -0.497 e. The zero-order valence-electron chi connectivity index (χ0n) is 24.3. The number of aromatic nitrogens is 3. The fourth-order valence-electron chi connectivity index (χ4n) is 4.27. The number of amides is 3. The van der Waals surface area contributed by atoms with Crippen LogP contribution in [0.1, 0.15) is 5.56 Å². The zero-order valence-corrected chi connectivity index (χ0v) is 25.1. The van der Waals surface area contributed by atoms with Gasteiger partial charge in [0.25, 0.3) is 0 Å². The molecule has 2 heterocycles. The van der Waals surface area contributed by atoms with Crippen molar-refractivity contribution in [1.29, 1.82) is 0 Å². The zero-order chi connectivity index (χ0) is 34.6. The van der Waals surface area contributed by atoms with Crippen LogP contribution in [0, 0.1) is 5.82 Å². The number of methoxy groups -OCH3 is 1. The predicted octanol–water partition coefficient (Wildman–Crippen LogP) is 6.73. The molecule has 3 aromatic carbocycles. The van der Waals surface area contributed by atoms with Gasteiger partial charge < -0.3 is 19.5 Å². The molecule has 0 spiro atoms. The van der Waals surface area contributed by atoms with Gasteiger partial charge >= 0.3 is 18.6 Å². The monoisotopic (exact) mass is 698 g/mol. The van der Waals surface area contributed by atoms with Gasteiger partial charge in [-0.25, -0.2) is 18.9 Å². The molecule has 48 heavy (non-hydrogen) atoms. The molecule has 1 aliphatic rings. The number of nitrogens with one attached hydrogen (secondary N) is 1. The average molecular weight is 699 g/mol. The number of amidine groups is 1. The van der Waals surface area contributed by atoms with Gasteiger partial charge in [0.2, 0.25) is 5.91 Å². The topological polar surface area (TPSA) is 120 Å². The number of aliphatic imine (C=N–C) groups is 1. The Morgan fingerprint density at radius 2 is 1.75 bits per heavy atom. The number of ether oxygens (including phenoxy) is 3. The number of thioether (sulfide) groups is 1. The van der Waals surface area contributed by atoms with Gasteiger partial charge in [-0.2, -0.15) is 18.2 Å². The van der Waals surface area contributed by atoms with Crippen molar-refractivity contribution >= 4 is 40.2 Å². The normalized spacial score (nSPS) is 14.5. The van der Waals surface area contributed by atoms with Crippen LogP contribution in [0.4, 0.5) is 46.9 Å². The van der Waals surface area contributed by atoms with Crippen molar-refractivity contribution in [3.63, 3.8) is 0 Å². The first-order chi connectivity index (χ1) is 22.7. The number of anilines is 2. The minimum atomic E-state index is -4.85. The Labute approximate surface area is 270 Å². The number of urea groups is 1. The van der Waals surface area contributed by atoms with E-state index in [1.165, 1.54) is 60.6 Å². The number of alkyl halides is 6. The summed E-state index contributed by atoms with van der Waals surface area (Å²) in [6, 6.07) is 11.7. The van der Waals surface area contributed by atoms with Crippen LogP contribution in [0.5, 0.6) is 11.5 Å². The maximum Gasteiger partial charge on any atom is 0.573 e. The molecule has 0 aliphatic carbocycles. The van der Waals surface area contributed by atoms with Crippen LogP contribution in [0.2, 0.25) is 0 Å². The summed E-state index contributed by atoms with van der Waals surface area (Å²) in [7, 11) is 1.35. The second-order valence-electron chi connectivity index (χ2n) is 9.69. The third-order valence-electron chi connectivity index (χ3n) is 6.31. The van der Waals surface area contributed by atoms with E-state index in [0.29, 0.717) is 5.69 Å². The number of halogens is 7. The summed E-state index contributed by atoms with van der Waals surface area (Å²) in [6.07, 6.45) is -8.15. The molecule has 0 radical (unpaired) electrons. The fourth-order valence-corrected chi connectivity index (χ4v) is 5.12. The third-order valence-corrected chi connectivity index (χ3v) is 7.24. The smallest absolute Gasteiger partial charge is 0.497 e. The first kappa shape index (κ1) is 34.2. The van der Waals surface area contributed by atoms with E-state index >= 15 is 4.39 Å².